The molecule has 4 aliphatic heterocycles. The second kappa shape index (κ2) is 40.3. The summed E-state index contributed by atoms with van der Waals surface area (Å²) in [6.07, 6.45) is -3.84. The molecule has 86 heavy (non-hydrogen) atoms. The number of aromatic nitrogens is 4. The second-order valence-corrected chi connectivity index (χ2v) is 22.4. The number of ketones is 1. The molecule has 4 fully saturated rings. The fourth-order valence-electron chi connectivity index (χ4n) is 9.15. The highest BCUT2D eigenvalue weighted by atomic mass is 35.5. The molecule has 2 aromatic heterocycles. The number of halogens is 2. The van der Waals surface area contributed by atoms with Crippen molar-refractivity contribution in [2.45, 2.75) is 105 Å². The summed E-state index contributed by atoms with van der Waals surface area (Å²) in [5, 5.41) is 59.1. The lowest BCUT2D eigenvalue weighted by Gasteiger charge is -2.42. The SMILES string of the molecule is [N-]=[N+]=NCCCCCC(=O)CC(COCCC(=O)NCCOCCOCCOCCOC[C@@]12CO[C@@H](O1)[C@H](Nc1nc(Cl)ns1)[C@@H](O)[C@H]2O)COCCC(=O)NCCOCCOCCOCCOC[C@@]12CO[C@@H](O1)[C@H](Nc1nc(Cl)ns1)[C@@H](O)[C@H]2O. The van der Waals surface area contributed by atoms with Crippen LogP contribution in [0.2, 0.25) is 10.6 Å². The van der Waals surface area contributed by atoms with E-state index in [4.69, 9.17) is 95.0 Å². The van der Waals surface area contributed by atoms with E-state index in [0.717, 1.165) is 29.5 Å². The minimum atomic E-state index is -1.29. The summed E-state index contributed by atoms with van der Waals surface area (Å²) in [6, 6.07) is -1.57. The van der Waals surface area contributed by atoms with Crippen molar-refractivity contribution >= 4 is 74.1 Å². The van der Waals surface area contributed by atoms with Gasteiger partial charge in [-0.15, -0.1) is 0 Å². The zero-order valence-corrected chi connectivity index (χ0v) is 50.9. The van der Waals surface area contributed by atoms with Crippen LogP contribution in [0.5, 0.6) is 0 Å². The highest BCUT2D eigenvalue weighted by molar-refractivity contribution is 7.10. The van der Waals surface area contributed by atoms with Crippen LogP contribution in [-0.2, 0) is 80.7 Å². The van der Waals surface area contributed by atoms with E-state index in [-0.39, 0.29) is 146 Å². The van der Waals surface area contributed by atoms with Gasteiger partial charge in [0.1, 0.15) is 53.5 Å². The second-order valence-electron chi connectivity index (χ2n) is 20.2. The summed E-state index contributed by atoms with van der Waals surface area (Å²) >= 11 is 13.6. The van der Waals surface area contributed by atoms with E-state index >= 15 is 0 Å². The van der Waals surface area contributed by atoms with Crippen molar-refractivity contribution in [1.82, 2.24) is 29.3 Å². The fraction of sp³-hybridized carbons (Fsp3) is 0.860. The van der Waals surface area contributed by atoms with Gasteiger partial charge in [-0.25, -0.2) is 0 Å². The predicted molar refractivity (Wildman–Crippen MR) is 305 cm³/mol. The molecule has 488 valence electrons. The lowest BCUT2D eigenvalue weighted by Crippen LogP contribution is -2.64. The van der Waals surface area contributed by atoms with E-state index in [0.29, 0.717) is 102 Å². The molecule has 10 atom stereocenters. The first kappa shape index (κ1) is 71.6. The number of nitrogens with zero attached hydrogens (tertiary/aromatic N) is 7. The van der Waals surface area contributed by atoms with Gasteiger partial charge in [0.2, 0.25) is 32.6 Å². The molecule has 0 radical (unpaired) electrons. The Morgan fingerprint density at radius 2 is 1.01 bits per heavy atom. The van der Waals surface area contributed by atoms with Gasteiger partial charge in [0.15, 0.2) is 12.6 Å². The Labute approximate surface area is 515 Å². The van der Waals surface area contributed by atoms with Crippen molar-refractivity contribution in [1.29, 1.82) is 0 Å². The Kier molecular flexibility index (Phi) is 33.5. The average molecular weight is 1310 g/mol. The maximum atomic E-state index is 12.8. The van der Waals surface area contributed by atoms with Crippen molar-refractivity contribution in [2.24, 2.45) is 11.0 Å². The van der Waals surface area contributed by atoms with E-state index in [2.05, 4.69) is 50.0 Å². The van der Waals surface area contributed by atoms with Crippen molar-refractivity contribution < 1.29 is 101 Å². The van der Waals surface area contributed by atoms with Crippen LogP contribution in [0, 0.1) is 5.92 Å². The van der Waals surface area contributed by atoms with E-state index in [1.165, 1.54) is 0 Å². The number of anilines is 2. The first-order valence-electron chi connectivity index (χ1n) is 28.5. The summed E-state index contributed by atoms with van der Waals surface area (Å²) < 4.78 is 87.3. The zero-order chi connectivity index (χ0) is 61.2. The number of ether oxygens (including phenoxy) is 14. The average Bonchev–Trinajstić information content (AvgIpc) is 1.86. The third-order valence-corrected chi connectivity index (χ3v) is 15.5. The molecule has 2 amide bonds. The summed E-state index contributed by atoms with van der Waals surface area (Å²) in [7, 11) is 0. The molecule has 36 heteroatoms. The molecule has 8 N–H and O–H groups in total. The van der Waals surface area contributed by atoms with Crippen LogP contribution in [0.1, 0.15) is 44.9 Å². The van der Waals surface area contributed by atoms with Gasteiger partial charge in [0, 0.05) is 79.2 Å². The standard InChI is InChI=1S/C50H81Cl2N11O21S2/c51-45-59-47(85-61-45)57-37-39(67)41(69)49(31-81-43(37)83-49)29-79-24-22-75-20-18-73-16-14-71-12-8-54-35(65)5-10-77-27-33(26-34(64)4-2-1-3-7-56-63-53)28-78-11-6-36(66)55-9-13-72-15-17-74-19-21-76-23-25-80-30-50-32-82-44(84-50)38(40(68)42(50)70)58-48-60-46(52)62-86-48/h33,37-44,67-70H,1-32H2,(H,54,65)(H,55,66)(H,57,59,61)(H,58,60,62)/t37-,38-,39-,40-,41-,42-,43+,44+,49+,50+/m1/s1. The third-order valence-electron chi connectivity index (χ3n) is 13.6. The van der Waals surface area contributed by atoms with Crippen LogP contribution in [-0.4, -0.2) is 282 Å². The molecule has 0 saturated carbocycles. The Morgan fingerprint density at radius 1 is 0.593 bits per heavy atom. The molecule has 32 nitrogen and oxygen atoms in total. The number of fused-ring (bicyclic) bond motifs is 4. The highest BCUT2D eigenvalue weighted by Crippen LogP contribution is 2.40. The van der Waals surface area contributed by atoms with Crippen LogP contribution in [0.25, 0.3) is 10.4 Å². The number of azide groups is 1. The lowest BCUT2D eigenvalue weighted by atomic mass is 9.88. The zero-order valence-electron chi connectivity index (χ0n) is 47.8. The summed E-state index contributed by atoms with van der Waals surface area (Å²) in [6.45, 7) is 5.63. The maximum absolute atomic E-state index is 12.8. The number of aliphatic hydroxyl groups is 4. The van der Waals surface area contributed by atoms with Crippen molar-refractivity contribution in [3.05, 3.63) is 21.0 Å². The number of hydrogen-bond acceptors (Lipinski definition) is 30. The first-order valence-corrected chi connectivity index (χ1v) is 30.8. The normalized spacial score (nSPS) is 24.9. The van der Waals surface area contributed by atoms with E-state index in [1.54, 1.807) is 0 Å². The van der Waals surface area contributed by atoms with Crippen LogP contribution in [0.15, 0.2) is 5.11 Å². The van der Waals surface area contributed by atoms with Gasteiger partial charge < -0.3 is 108 Å². The fourth-order valence-corrected chi connectivity index (χ4v) is 10.7. The van der Waals surface area contributed by atoms with Gasteiger partial charge in [0.05, 0.1) is 145 Å². The quantitative estimate of drug-likeness (QED) is 0.0191. The molecule has 0 aromatic carbocycles. The Morgan fingerprint density at radius 3 is 1.42 bits per heavy atom. The van der Waals surface area contributed by atoms with Gasteiger partial charge >= 0.3 is 0 Å². The molecule has 2 aromatic rings. The molecular formula is C50H81Cl2N11O21S2. The van der Waals surface area contributed by atoms with Gasteiger partial charge in [-0.05, 0) is 41.6 Å². The molecule has 4 saturated heterocycles. The largest absolute Gasteiger partial charge is 0.388 e. The number of carbonyl (C=O) groups excluding carboxylic acids is 3. The van der Waals surface area contributed by atoms with Gasteiger partial charge in [-0.2, -0.15) is 18.7 Å². The van der Waals surface area contributed by atoms with Crippen molar-refractivity contribution in [3.63, 3.8) is 0 Å². The number of amides is 2. The van der Waals surface area contributed by atoms with Crippen molar-refractivity contribution in [2.75, 3.05) is 176 Å². The third kappa shape index (κ3) is 25.1. The first-order chi connectivity index (χ1) is 41.8. The number of Topliss-reactive ketones (excluding diaryl/α,β-unsaturated/α-hetero) is 1. The monoisotopic (exact) mass is 1310 g/mol. The Bertz CT molecular complexity index is 2180. The molecule has 6 rings (SSSR count). The van der Waals surface area contributed by atoms with Crippen LogP contribution in [0.3, 0.4) is 0 Å². The van der Waals surface area contributed by atoms with Gasteiger partial charge in [-0.3, -0.25) is 14.4 Å². The summed E-state index contributed by atoms with van der Waals surface area (Å²) in [4.78, 5) is 48.5. The summed E-state index contributed by atoms with van der Waals surface area (Å²) in [5.74, 6) is -0.702. The maximum Gasteiger partial charge on any atom is 0.236 e. The summed E-state index contributed by atoms with van der Waals surface area (Å²) in [5.41, 5.74) is 6.02. The van der Waals surface area contributed by atoms with Gasteiger partial charge in [-0.1, -0.05) is 11.5 Å². The molecule has 0 unspecified atom stereocenters. The van der Waals surface area contributed by atoms with Crippen LogP contribution >= 0.6 is 46.3 Å². The minimum absolute atomic E-state index is 0.0183. The minimum Gasteiger partial charge on any atom is -0.388 e. The topological polar surface area (TPSA) is 410 Å². The van der Waals surface area contributed by atoms with E-state index in [1.807, 2.05) is 0 Å². The molecule has 6 heterocycles. The Balaban J connectivity index is 0.701. The number of rotatable bonds is 50. The number of hydrogen-bond donors (Lipinski definition) is 8. The molecule has 0 aliphatic carbocycles. The molecule has 0 spiro atoms. The van der Waals surface area contributed by atoms with Crippen LogP contribution in [0.4, 0.5) is 10.3 Å². The predicted octanol–water partition coefficient (Wildman–Crippen LogP) is 0.277. The van der Waals surface area contributed by atoms with E-state index in [9.17, 15) is 34.8 Å². The lowest BCUT2D eigenvalue weighted by molar-refractivity contribution is -0.230. The number of aliphatic hydroxyl groups excluding tert-OH is 4. The van der Waals surface area contributed by atoms with Crippen LogP contribution < -0.4 is 21.3 Å². The number of unbranched alkanes of at least 4 members (excludes halogenated alkanes) is 2. The number of carbonyl (C=O) groups is 3. The smallest absolute Gasteiger partial charge is 0.236 e. The molecular weight excluding hydrogens is 1230 g/mol. The van der Waals surface area contributed by atoms with Gasteiger partial charge in [0.25, 0.3) is 0 Å². The molecule has 4 bridgehead atoms. The number of nitrogens with one attached hydrogen (secondary N) is 4. The Hall–Kier alpha value is -3.50. The molecule has 4 aliphatic rings. The highest BCUT2D eigenvalue weighted by Gasteiger charge is 2.61. The van der Waals surface area contributed by atoms with Crippen molar-refractivity contribution in [3.8, 4) is 0 Å². The van der Waals surface area contributed by atoms with E-state index < -0.39 is 60.3 Å².